The van der Waals surface area contributed by atoms with Gasteiger partial charge in [0.15, 0.2) is 0 Å². The van der Waals surface area contributed by atoms with Gasteiger partial charge in [-0.25, -0.2) is 4.79 Å². The number of nitrogens with zero attached hydrogens (tertiary/aromatic N) is 1. The highest BCUT2D eigenvalue weighted by atomic mass is 16.5. The number of ether oxygens (including phenoxy) is 1. The Kier molecular flexibility index (Phi) is 6.36. The minimum atomic E-state index is -1.28. The number of hydrogen-bond acceptors (Lipinski definition) is 4. The van der Waals surface area contributed by atoms with Gasteiger partial charge in [-0.1, -0.05) is 66.7 Å². The van der Waals surface area contributed by atoms with Gasteiger partial charge in [-0.15, -0.1) is 0 Å². The smallest absolute Gasteiger partial charge is 0.325 e. The Bertz CT molecular complexity index is 1500. The first kappa shape index (κ1) is 24.1. The monoisotopic (exact) mass is 493 g/mol. The van der Waals surface area contributed by atoms with Crippen molar-refractivity contribution in [2.45, 2.75) is 18.9 Å². The Hall–Kier alpha value is -4.65. The summed E-state index contributed by atoms with van der Waals surface area (Å²) in [5.74, 6) is -0.184. The fourth-order valence-electron chi connectivity index (χ4n) is 4.64. The van der Waals surface area contributed by atoms with E-state index >= 15 is 0 Å². The van der Waals surface area contributed by atoms with Gasteiger partial charge in [0.2, 0.25) is 5.91 Å². The lowest BCUT2D eigenvalue weighted by atomic mass is 9.90. The molecule has 5 rings (SSSR count). The molecule has 1 heterocycles. The average molecular weight is 494 g/mol. The molecule has 0 aliphatic carbocycles. The van der Waals surface area contributed by atoms with E-state index in [1.165, 1.54) is 0 Å². The van der Waals surface area contributed by atoms with Crippen LogP contribution < -0.4 is 15.4 Å². The van der Waals surface area contributed by atoms with E-state index in [2.05, 4.69) is 10.6 Å². The largest absolute Gasteiger partial charge is 0.497 e. The van der Waals surface area contributed by atoms with Crippen molar-refractivity contribution in [1.29, 1.82) is 0 Å². The quantitative estimate of drug-likeness (QED) is 0.361. The van der Waals surface area contributed by atoms with Gasteiger partial charge in [0.05, 0.1) is 7.11 Å². The first-order valence-electron chi connectivity index (χ1n) is 12.0. The summed E-state index contributed by atoms with van der Waals surface area (Å²) in [6.45, 7) is 1.27. The SMILES string of the molecule is COc1ccc2cc([C@@]3(C)NC(=O)N(CC(=O)Nc4ccccc4Cc4ccccc4)C3=O)ccc2c1. The Morgan fingerprint density at radius 2 is 1.62 bits per heavy atom. The van der Waals surface area contributed by atoms with E-state index in [1.54, 1.807) is 14.0 Å². The third-order valence-corrected chi connectivity index (χ3v) is 6.73. The molecule has 1 aliphatic heterocycles. The predicted octanol–water partition coefficient (Wildman–Crippen LogP) is 4.84. The Balaban J connectivity index is 1.32. The fourth-order valence-corrected chi connectivity index (χ4v) is 4.64. The minimum Gasteiger partial charge on any atom is -0.497 e. The second kappa shape index (κ2) is 9.78. The van der Waals surface area contributed by atoms with Gasteiger partial charge in [-0.2, -0.15) is 0 Å². The first-order valence-corrected chi connectivity index (χ1v) is 12.0. The van der Waals surface area contributed by atoms with Gasteiger partial charge < -0.3 is 15.4 Å². The van der Waals surface area contributed by atoms with Crippen molar-refractivity contribution >= 4 is 34.3 Å². The molecule has 4 amide bonds. The van der Waals surface area contributed by atoms with E-state index in [4.69, 9.17) is 4.74 Å². The van der Waals surface area contributed by atoms with Crippen LogP contribution in [0.3, 0.4) is 0 Å². The van der Waals surface area contributed by atoms with Crippen LogP contribution in [0.1, 0.15) is 23.6 Å². The van der Waals surface area contributed by atoms with Gasteiger partial charge in [0.25, 0.3) is 5.91 Å². The third-order valence-electron chi connectivity index (χ3n) is 6.73. The number of imide groups is 1. The van der Waals surface area contributed by atoms with E-state index in [9.17, 15) is 14.4 Å². The lowest BCUT2D eigenvalue weighted by molar-refractivity contribution is -0.133. The summed E-state index contributed by atoms with van der Waals surface area (Å²) in [5, 5.41) is 7.52. The molecular weight excluding hydrogens is 466 g/mol. The van der Waals surface area contributed by atoms with Crippen LogP contribution in [0, 0.1) is 0 Å². The molecule has 1 saturated heterocycles. The molecule has 0 aromatic heterocycles. The third kappa shape index (κ3) is 4.76. The molecule has 4 aromatic carbocycles. The van der Waals surface area contributed by atoms with Crippen molar-refractivity contribution < 1.29 is 19.1 Å². The van der Waals surface area contributed by atoms with E-state index in [0.717, 1.165) is 32.5 Å². The molecule has 0 unspecified atom stereocenters. The van der Waals surface area contributed by atoms with Crippen LogP contribution in [0.4, 0.5) is 10.5 Å². The van der Waals surface area contributed by atoms with Gasteiger partial charge in [-0.3, -0.25) is 14.5 Å². The number of amides is 4. The van der Waals surface area contributed by atoms with Crippen LogP contribution in [-0.4, -0.2) is 36.4 Å². The predicted molar refractivity (Wildman–Crippen MR) is 142 cm³/mol. The fraction of sp³-hybridized carbons (Fsp3) is 0.167. The van der Waals surface area contributed by atoms with Crippen molar-refractivity contribution in [2.75, 3.05) is 19.0 Å². The molecule has 1 aliphatic rings. The van der Waals surface area contributed by atoms with E-state index in [0.29, 0.717) is 17.7 Å². The number of rotatable bonds is 7. The van der Waals surface area contributed by atoms with Gasteiger partial charge in [-0.05, 0) is 65.1 Å². The van der Waals surface area contributed by atoms with Crippen LogP contribution in [0.25, 0.3) is 10.8 Å². The minimum absolute atomic E-state index is 0.384. The number of nitrogens with one attached hydrogen (secondary N) is 2. The van der Waals surface area contributed by atoms with Crippen molar-refractivity contribution in [1.82, 2.24) is 10.2 Å². The number of fused-ring (bicyclic) bond motifs is 1. The molecule has 2 N–H and O–H groups in total. The number of anilines is 1. The summed E-state index contributed by atoms with van der Waals surface area (Å²) < 4.78 is 5.28. The normalized spacial score (nSPS) is 17.1. The zero-order chi connectivity index (χ0) is 26.0. The molecular formula is C30H27N3O4. The lowest BCUT2D eigenvalue weighted by Gasteiger charge is -2.23. The summed E-state index contributed by atoms with van der Waals surface area (Å²) in [6, 6.07) is 28.1. The average Bonchev–Trinajstić information content (AvgIpc) is 3.13. The molecule has 0 bridgehead atoms. The molecule has 186 valence electrons. The van der Waals surface area contributed by atoms with Gasteiger partial charge in [0, 0.05) is 5.69 Å². The molecule has 37 heavy (non-hydrogen) atoms. The second-order valence-electron chi connectivity index (χ2n) is 9.24. The maximum absolute atomic E-state index is 13.4. The number of carbonyl (C=O) groups excluding carboxylic acids is 3. The summed E-state index contributed by atoms with van der Waals surface area (Å²) in [4.78, 5) is 40.1. The van der Waals surface area contributed by atoms with Crippen LogP contribution in [-0.2, 0) is 21.5 Å². The van der Waals surface area contributed by atoms with Gasteiger partial charge >= 0.3 is 6.03 Å². The maximum Gasteiger partial charge on any atom is 0.325 e. The second-order valence-corrected chi connectivity index (χ2v) is 9.24. The summed E-state index contributed by atoms with van der Waals surface area (Å²) >= 11 is 0. The van der Waals surface area contributed by atoms with Crippen molar-refractivity contribution in [3.8, 4) is 5.75 Å². The highest BCUT2D eigenvalue weighted by molar-refractivity contribution is 6.10. The molecule has 1 fully saturated rings. The number of para-hydroxylation sites is 1. The summed E-state index contributed by atoms with van der Waals surface area (Å²) in [7, 11) is 1.61. The Morgan fingerprint density at radius 1 is 0.919 bits per heavy atom. The molecule has 4 aromatic rings. The standard InChI is InChI=1S/C30H27N3O4/c1-30(24-14-12-22-18-25(37-2)15-13-21(22)17-24)28(35)33(29(36)32-30)19-27(34)31-26-11-7-6-10-23(26)16-20-8-4-3-5-9-20/h3-15,17-18H,16,19H2,1-2H3,(H,31,34)(H,32,36)/t30-/m1/s1. The van der Waals surface area contributed by atoms with Crippen molar-refractivity contribution in [3.63, 3.8) is 0 Å². The highest BCUT2D eigenvalue weighted by Crippen LogP contribution is 2.32. The number of hydrogen-bond donors (Lipinski definition) is 2. The van der Waals surface area contributed by atoms with Crippen molar-refractivity contribution in [3.05, 3.63) is 108 Å². The summed E-state index contributed by atoms with van der Waals surface area (Å²) in [5.41, 5.74) is 2.06. The molecule has 7 heteroatoms. The van der Waals surface area contributed by atoms with Crippen molar-refractivity contribution in [2.24, 2.45) is 0 Å². The van der Waals surface area contributed by atoms with E-state index in [1.807, 2.05) is 91.0 Å². The van der Waals surface area contributed by atoms with E-state index < -0.39 is 23.4 Å². The lowest BCUT2D eigenvalue weighted by Crippen LogP contribution is -2.42. The summed E-state index contributed by atoms with van der Waals surface area (Å²) in [6.07, 6.45) is 0.645. The Labute approximate surface area is 215 Å². The number of methoxy groups -OCH3 is 1. The number of benzene rings is 4. The maximum atomic E-state index is 13.4. The zero-order valence-electron chi connectivity index (χ0n) is 20.7. The molecule has 1 atom stereocenters. The topological polar surface area (TPSA) is 87.7 Å². The number of urea groups is 1. The first-order chi connectivity index (χ1) is 17.9. The number of carbonyl (C=O) groups is 3. The highest BCUT2D eigenvalue weighted by Gasteiger charge is 2.49. The van der Waals surface area contributed by atoms with Crippen LogP contribution >= 0.6 is 0 Å². The Morgan fingerprint density at radius 3 is 2.41 bits per heavy atom. The zero-order valence-corrected chi connectivity index (χ0v) is 20.7. The molecule has 0 saturated carbocycles. The van der Waals surface area contributed by atoms with Crippen LogP contribution in [0.5, 0.6) is 5.75 Å². The molecule has 0 radical (unpaired) electrons. The van der Waals surface area contributed by atoms with Crippen LogP contribution in [0.15, 0.2) is 91.0 Å². The molecule has 7 nitrogen and oxygen atoms in total. The molecule has 0 spiro atoms. The van der Waals surface area contributed by atoms with Crippen LogP contribution in [0.2, 0.25) is 0 Å². The van der Waals surface area contributed by atoms with Gasteiger partial charge in [0.1, 0.15) is 17.8 Å². The van der Waals surface area contributed by atoms with E-state index in [-0.39, 0.29) is 6.54 Å².